The Hall–Kier alpha value is -1.17. The Morgan fingerprint density at radius 2 is 2.11 bits per heavy atom. The average Bonchev–Trinajstić information content (AvgIpc) is 3.18. The van der Waals surface area contributed by atoms with Crippen LogP contribution in [0.15, 0.2) is 6.07 Å². The molecule has 1 N–H and O–H groups in total. The summed E-state index contributed by atoms with van der Waals surface area (Å²) in [5.74, 6) is 1.63. The molecule has 0 bridgehead atoms. The first-order chi connectivity index (χ1) is 8.91. The van der Waals surface area contributed by atoms with Crippen LogP contribution in [-0.4, -0.2) is 31.2 Å². The molecule has 1 saturated carbocycles. The minimum absolute atomic E-state index is 0.408. The van der Waals surface area contributed by atoms with Gasteiger partial charge in [-0.1, -0.05) is 6.92 Å². The maximum absolute atomic E-state index is 11.7. The van der Waals surface area contributed by atoms with Crippen LogP contribution in [0.4, 0.5) is 5.82 Å². The molecule has 1 unspecified atom stereocenters. The number of sulfone groups is 1. The van der Waals surface area contributed by atoms with E-state index in [-0.39, 0.29) is 0 Å². The molecule has 1 aliphatic rings. The molecule has 0 aromatic carbocycles. The largest absolute Gasteiger partial charge is 0.370 e. The predicted molar refractivity (Wildman–Crippen MR) is 76.0 cm³/mol. The fraction of sp³-hybridized carbons (Fsp3) is 0.692. The van der Waals surface area contributed by atoms with Gasteiger partial charge in [0.15, 0.2) is 9.84 Å². The number of anilines is 1. The average molecular weight is 283 g/mol. The van der Waals surface area contributed by atoms with Crippen LogP contribution >= 0.6 is 0 Å². The first-order valence-corrected chi connectivity index (χ1v) is 8.69. The lowest BCUT2D eigenvalue weighted by Gasteiger charge is -2.12. The minimum Gasteiger partial charge on any atom is -0.370 e. The molecule has 1 fully saturated rings. The Morgan fingerprint density at radius 1 is 1.42 bits per heavy atom. The summed E-state index contributed by atoms with van der Waals surface area (Å²) in [5, 5.41) is 2.56. The lowest BCUT2D eigenvalue weighted by atomic mass is 10.2. The summed E-state index contributed by atoms with van der Waals surface area (Å²) in [7, 11) is -3.17. The van der Waals surface area contributed by atoms with Gasteiger partial charge in [-0.25, -0.2) is 18.4 Å². The highest BCUT2D eigenvalue weighted by Crippen LogP contribution is 2.40. The van der Waals surface area contributed by atoms with Crippen molar-refractivity contribution >= 4 is 15.7 Å². The van der Waals surface area contributed by atoms with Crippen LogP contribution in [-0.2, 0) is 9.84 Å². The lowest BCUT2D eigenvalue weighted by molar-refractivity contribution is 0.589. The van der Waals surface area contributed by atoms with Crippen molar-refractivity contribution in [1.29, 1.82) is 0 Å². The summed E-state index contributed by atoms with van der Waals surface area (Å²) in [6, 6.07) is 1.95. The molecular weight excluding hydrogens is 262 g/mol. The molecule has 1 aromatic rings. The van der Waals surface area contributed by atoms with E-state index in [4.69, 9.17) is 0 Å². The normalized spacial score (nSPS) is 17.2. The van der Waals surface area contributed by atoms with Crippen molar-refractivity contribution in [2.24, 2.45) is 0 Å². The predicted octanol–water partition coefficient (Wildman–Crippen LogP) is 2.28. The van der Waals surface area contributed by atoms with E-state index >= 15 is 0 Å². The van der Waals surface area contributed by atoms with Gasteiger partial charge in [-0.2, -0.15) is 0 Å². The first kappa shape index (κ1) is 14.2. The Kier molecular flexibility index (Phi) is 4.08. The molecule has 0 aliphatic heterocycles. The zero-order valence-electron chi connectivity index (χ0n) is 11.7. The van der Waals surface area contributed by atoms with Crippen LogP contribution in [0, 0.1) is 0 Å². The van der Waals surface area contributed by atoms with E-state index in [1.54, 1.807) is 6.92 Å². The summed E-state index contributed by atoms with van der Waals surface area (Å²) in [6.45, 7) is 4.55. The van der Waals surface area contributed by atoms with E-state index in [9.17, 15) is 8.42 Å². The smallest absolute Gasteiger partial charge is 0.157 e. The Morgan fingerprint density at radius 3 is 2.63 bits per heavy atom. The molecular formula is C13H21N3O2S. The van der Waals surface area contributed by atoms with Crippen molar-refractivity contribution in [3.8, 4) is 0 Å². The third-order valence-electron chi connectivity index (χ3n) is 3.32. The molecule has 0 saturated heterocycles. The molecule has 0 spiro atoms. The van der Waals surface area contributed by atoms with Crippen molar-refractivity contribution in [3.05, 3.63) is 17.6 Å². The zero-order chi connectivity index (χ0) is 14.0. The van der Waals surface area contributed by atoms with Crippen molar-refractivity contribution in [1.82, 2.24) is 9.97 Å². The van der Waals surface area contributed by atoms with Gasteiger partial charge in [0.25, 0.3) is 0 Å². The van der Waals surface area contributed by atoms with Crippen molar-refractivity contribution in [2.45, 2.75) is 44.3 Å². The van der Waals surface area contributed by atoms with Gasteiger partial charge in [0.1, 0.15) is 16.9 Å². The van der Waals surface area contributed by atoms with Gasteiger partial charge in [0.2, 0.25) is 0 Å². The second-order valence-corrected chi connectivity index (χ2v) is 7.58. The molecule has 1 heterocycles. The second-order valence-electron chi connectivity index (χ2n) is 5.21. The summed E-state index contributed by atoms with van der Waals surface area (Å²) >= 11 is 0. The highest BCUT2D eigenvalue weighted by molar-refractivity contribution is 7.90. The molecule has 0 amide bonds. The standard InChI is InChI=1S/C13H21N3O2S/c1-4-7-14-12-8-11(10-5-6-10)15-13(16-12)9(2)19(3,17)18/h8-10H,4-7H2,1-3H3,(H,14,15,16). The number of hydrogen-bond acceptors (Lipinski definition) is 5. The zero-order valence-corrected chi connectivity index (χ0v) is 12.5. The van der Waals surface area contributed by atoms with Crippen LogP contribution in [0.1, 0.15) is 55.8 Å². The number of nitrogens with one attached hydrogen (secondary N) is 1. The van der Waals surface area contributed by atoms with Crippen LogP contribution in [0.5, 0.6) is 0 Å². The molecule has 106 valence electrons. The molecule has 1 aliphatic carbocycles. The number of rotatable bonds is 6. The molecule has 5 nitrogen and oxygen atoms in total. The first-order valence-electron chi connectivity index (χ1n) is 6.73. The summed E-state index contributed by atoms with van der Waals surface area (Å²) in [4.78, 5) is 8.79. The van der Waals surface area contributed by atoms with Gasteiger partial charge in [-0.05, 0) is 26.2 Å². The van der Waals surface area contributed by atoms with Crippen LogP contribution in [0.25, 0.3) is 0 Å². The minimum atomic E-state index is -3.17. The Balaban J connectivity index is 2.33. The molecule has 6 heteroatoms. The quantitative estimate of drug-likeness (QED) is 0.867. The van der Waals surface area contributed by atoms with Gasteiger partial charge < -0.3 is 5.32 Å². The van der Waals surface area contributed by atoms with Gasteiger partial charge in [-0.15, -0.1) is 0 Å². The van der Waals surface area contributed by atoms with Gasteiger partial charge >= 0.3 is 0 Å². The van der Waals surface area contributed by atoms with Crippen molar-refractivity contribution in [3.63, 3.8) is 0 Å². The Bertz CT molecular complexity index is 553. The maximum atomic E-state index is 11.7. The van der Waals surface area contributed by atoms with Gasteiger partial charge in [0, 0.05) is 30.5 Å². The molecule has 1 aromatic heterocycles. The SMILES string of the molecule is CCCNc1cc(C2CC2)nc(C(C)S(C)(=O)=O)n1. The number of aromatic nitrogens is 2. The van der Waals surface area contributed by atoms with Crippen LogP contribution < -0.4 is 5.32 Å². The molecule has 2 rings (SSSR count). The van der Waals surface area contributed by atoms with E-state index in [2.05, 4.69) is 22.2 Å². The summed E-state index contributed by atoms with van der Waals surface area (Å²) in [5.41, 5.74) is 0.971. The number of nitrogens with zero attached hydrogens (tertiary/aromatic N) is 2. The second kappa shape index (κ2) is 5.45. The molecule has 1 atom stereocenters. The monoisotopic (exact) mass is 283 g/mol. The lowest BCUT2D eigenvalue weighted by Crippen LogP contribution is -2.14. The summed E-state index contributed by atoms with van der Waals surface area (Å²) < 4.78 is 23.3. The topological polar surface area (TPSA) is 72.0 Å². The van der Waals surface area contributed by atoms with Crippen molar-refractivity contribution < 1.29 is 8.42 Å². The van der Waals surface area contributed by atoms with E-state index in [0.29, 0.717) is 11.7 Å². The fourth-order valence-corrected chi connectivity index (χ4v) is 2.28. The van der Waals surface area contributed by atoms with Crippen LogP contribution in [0.3, 0.4) is 0 Å². The van der Waals surface area contributed by atoms with E-state index in [0.717, 1.165) is 37.3 Å². The van der Waals surface area contributed by atoms with E-state index < -0.39 is 15.1 Å². The van der Waals surface area contributed by atoms with E-state index in [1.807, 2.05) is 6.07 Å². The van der Waals surface area contributed by atoms with Crippen molar-refractivity contribution in [2.75, 3.05) is 18.1 Å². The highest BCUT2D eigenvalue weighted by atomic mass is 32.2. The number of hydrogen-bond donors (Lipinski definition) is 1. The molecule has 0 radical (unpaired) electrons. The van der Waals surface area contributed by atoms with E-state index in [1.165, 1.54) is 6.26 Å². The van der Waals surface area contributed by atoms with Gasteiger partial charge in [-0.3, -0.25) is 0 Å². The van der Waals surface area contributed by atoms with Crippen LogP contribution in [0.2, 0.25) is 0 Å². The summed E-state index contributed by atoms with van der Waals surface area (Å²) in [6.07, 6.45) is 4.50. The third-order valence-corrected chi connectivity index (χ3v) is 4.82. The maximum Gasteiger partial charge on any atom is 0.157 e. The molecule has 19 heavy (non-hydrogen) atoms. The highest BCUT2D eigenvalue weighted by Gasteiger charge is 2.28. The Labute approximate surface area is 114 Å². The third kappa shape index (κ3) is 3.65. The van der Waals surface area contributed by atoms with Gasteiger partial charge in [0.05, 0.1) is 0 Å². The fourth-order valence-electron chi connectivity index (χ4n) is 1.79.